The fraction of sp³-hybridized carbons (Fsp3) is 0.222. The number of esters is 1. The predicted molar refractivity (Wildman–Crippen MR) is 43.7 cm³/mol. The van der Waals surface area contributed by atoms with Gasteiger partial charge in [0.1, 0.15) is 0 Å². The Labute approximate surface area is 78.9 Å². The summed E-state index contributed by atoms with van der Waals surface area (Å²) in [5.74, 6) is -3.92. The van der Waals surface area contributed by atoms with E-state index in [1.165, 1.54) is 0 Å². The van der Waals surface area contributed by atoms with Gasteiger partial charge in [0.25, 0.3) is 0 Å². The number of rotatable bonds is 2. The van der Waals surface area contributed by atoms with Crippen LogP contribution in [-0.4, -0.2) is 18.2 Å². The Morgan fingerprint density at radius 2 is 2.14 bits per heavy atom. The van der Waals surface area contributed by atoms with Crippen LogP contribution in [0.5, 0.6) is 5.75 Å². The van der Waals surface area contributed by atoms with Crippen molar-refractivity contribution in [2.75, 3.05) is 7.11 Å². The first-order valence-corrected chi connectivity index (χ1v) is 3.79. The molecule has 0 spiro atoms. The lowest BCUT2D eigenvalue weighted by molar-refractivity contribution is -0.139. The molecule has 0 aliphatic rings. The average molecular weight is 202 g/mol. The van der Waals surface area contributed by atoms with Crippen molar-refractivity contribution in [3.63, 3.8) is 0 Å². The molecule has 1 aromatic carbocycles. The van der Waals surface area contributed by atoms with E-state index >= 15 is 0 Å². The molecule has 76 valence electrons. The van der Waals surface area contributed by atoms with Crippen LogP contribution in [0.2, 0.25) is 0 Å². The Bertz CT molecular complexity index is 363. The molecular formula is C9H8F2O3. The van der Waals surface area contributed by atoms with Gasteiger partial charge in [-0.2, -0.15) is 0 Å². The molecule has 0 saturated carbocycles. The molecule has 14 heavy (non-hydrogen) atoms. The minimum absolute atomic E-state index is 0.101. The number of phenols is 1. The molecule has 1 N–H and O–H groups in total. The standard InChI is InChI=1S/C9H8F2O3/c1-14-7(12)4-5-2-3-6(10)9(13)8(5)11/h2-3,13H,4H2,1H3. The van der Waals surface area contributed by atoms with E-state index in [1.807, 2.05) is 0 Å². The van der Waals surface area contributed by atoms with E-state index in [2.05, 4.69) is 4.74 Å². The van der Waals surface area contributed by atoms with Crippen molar-refractivity contribution < 1.29 is 23.4 Å². The molecule has 0 fully saturated rings. The molecule has 0 aliphatic heterocycles. The van der Waals surface area contributed by atoms with Crippen LogP contribution < -0.4 is 0 Å². The summed E-state index contributed by atoms with van der Waals surface area (Å²) in [6.45, 7) is 0. The van der Waals surface area contributed by atoms with Gasteiger partial charge in [-0.15, -0.1) is 0 Å². The van der Waals surface area contributed by atoms with Crippen molar-refractivity contribution in [1.82, 2.24) is 0 Å². The van der Waals surface area contributed by atoms with Crippen LogP contribution in [0.4, 0.5) is 8.78 Å². The number of methoxy groups -OCH3 is 1. The molecule has 0 radical (unpaired) electrons. The monoisotopic (exact) mass is 202 g/mol. The largest absolute Gasteiger partial charge is 0.503 e. The SMILES string of the molecule is COC(=O)Cc1ccc(F)c(O)c1F. The normalized spacial score (nSPS) is 9.93. The van der Waals surface area contributed by atoms with E-state index in [-0.39, 0.29) is 12.0 Å². The summed E-state index contributed by atoms with van der Waals surface area (Å²) in [5, 5.41) is 8.87. The summed E-state index contributed by atoms with van der Waals surface area (Å²) in [6, 6.07) is 1.97. The fourth-order valence-electron chi connectivity index (χ4n) is 0.947. The van der Waals surface area contributed by atoms with E-state index in [4.69, 9.17) is 5.11 Å². The van der Waals surface area contributed by atoms with Crippen LogP contribution in [0.25, 0.3) is 0 Å². The van der Waals surface area contributed by atoms with Gasteiger partial charge < -0.3 is 9.84 Å². The molecule has 0 bridgehead atoms. The maximum absolute atomic E-state index is 13.1. The Balaban J connectivity index is 3.00. The third kappa shape index (κ3) is 1.99. The fourth-order valence-corrected chi connectivity index (χ4v) is 0.947. The number of hydrogen-bond donors (Lipinski definition) is 1. The zero-order chi connectivity index (χ0) is 10.7. The second-order valence-corrected chi connectivity index (χ2v) is 2.62. The highest BCUT2D eigenvalue weighted by molar-refractivity contribution is 5.72. The maximum Gasteiger partial charge on any atom is 0.310 e. The highest BCUT2D eigenvalue weighted by Crippen LogP contribution is 2.23. The van der Waals surface area contributed by atoms with E-state index in [0.717, 1.165) is 19.2 Å². The van der Waals surface area contributed by atoms with Crippen LogP contribution in [0.3, 0.4) is 0 Å². The van der Waals surface area contributed by atoms with E-state index in [9.17, 15) is 13.6 Å². The molecule has 5 heteroatoms. The highest BCUT2D eigenvalue weighted by Gasteiger charge is 2.14. The molecule has 0 heterocycles. The summed E-state index contributed by atoms with van der Waals surface area (Å²) >= 11 is 0. The number of halogens is 2. The predicted octanol–water partition coefficient (Wildman–Crippen LogP) is 1.39. The van der Waals surface area contributed by atoms with Crippen molar-refractivity contribution in [1.29, 1.82) is 0 Å². The minimum atomic E-state index is -1.13. The van der Waals surface area contributed by atoms with E-state index in [1.54, 1.807) is 0 Å². The van der Waals surface area contributed by atoms with Crippen molar-refractivity contribution in [3.05, 3.63) is 29.3 Å². The summed E-state index contributed by atoms with van der Waals surface area (Å²) < 4.78 is 29.9. The summed E-state index contributed by atoms with van der Waals surface area (Å²) in [5.41, 5.74) is -0.101. The number of benzene rings is 1. The lowest BCUT2D eigenvalue weighted by Crippen LogP contribution is -2.06. The molecule has 3 nitrogen and oxygen atoms in total. The Hall–Kier alpha value is -1.65. The lowest BCUT2D eigenvalue weighted by Gasteiger charge is -2.03. The third-order valence-corrected chi connectivity index (χ3v) is 1.71. The van der Waals surface area contributed by atoms with Crippen LogP contribution in [0.15, 0.2) is 12.1 Å². The molecular weight excluding hydrogens is 194 g/mol. The topological polar surface area (TPSA) is 46.5 Å². The lowest BCUT2D eigenvalue weighted by atomic mass is 10.1. The zero-order valence-corrected chi connectivity index (χ0v) is 7.38. The first kappa shape index (κ1) is 10.4. The van der Waals surface area contributed by atoms with Crippen molar-refractivity contribution in [3.8, 4) is 5.75 Å². The number of carbonyl (C=O) groups is 1. The van der Waals surface area contributed by atoms with E-state index in [0.29, 0.717) is 0 Å². The van der Waals surface area contributed by atoms with Gasteiger partial charge in [0.15, 0.2) is 17.4 Å². The summed E-state index contributed by atoms with van der Waals surface area (Å²) in [4.78, 5) is 10.8. The number of ether oxygens (including phenoxy) is 1. The molecule has 1 rings (SSSR count). The molecule has 0 amide bonds. The van der Waals surface area contributed by atoms with Gasteiger partial charge in [0.05, 0.1) is 13.5 Å². The maximum atomic E-state index is 13.1. The molecule has 0 saturated heterocycles. The minimum Gasteiger partial charge on any atom is -0.503 e. The highest BCUT2D eigenvalue weighted by atomic mass is 19.1. The van der Waals surface area contributed by atoms with Gasteiger partial charge in [0, 0.05) is 5.56 Å². The number of carbonyl (C=O) groups excluding carboxylic acids is 1. The van der Waals surface area contributed by atoms with Gasteiger partial charge in [-0.3, -0.25) is 4.79 Å². The Morgan fingerprint density at radius 3 is 2.71 bits per heavy atom. The van der Waals surface area contributed by atoms with Gasteiger partial charge in [-0.25, -0.2) is 8.78 Å². The average Bonchev–Trinajstić information content (AvgIpc) is 2.19. The van der Waals surface area contributed by atoms with Gasteiger partial charge >= 0.3 is 5.97 Å². The van der Waals surface area contributed by atoms with Gasteiger partial charge in [-0.1, -0.05) is 6.07 Å². The number of phenolic OH excluding ortho intramolecular Hbond substituents is 1. The first-order chi connectivity index (χ1) is 6.56. The zero-order valence-electron chi connectivity index (χ0n) is 7.38. The Morgan fingerprint density at radius 1 is 1.50 bits per heavy atom. The van der Waals surface area contributed by atoms with Gasteiger partial charge in [-0.05, 0) is 6.07 Å². The smallest absolute Gasteiger partial charge is 0.310 e. The first-order valence-electron chi connectivity index (χ1n) is 3.79. The van der Waals surface area contributed by atoms with Crippen LogP contribution in [0, 0.1) is 11.6 Å². The Kier molecular flexibility index (Phi) is 3.01. The second kappa shape index (κ2) is 4.04. The number of aromatic hydroxyl groups is 1. The second-order valence-electron chi connectivity index (χ2n) is 2.62. The van der Waals surface area contributed by atoms with Gasteiger partial charge in [0.2, 0.25) is 0 Å². The molecule has 0 aliphatic carbocycles. The summed E-state index contributed by atoms with van der Waals surface area (Å²) in [7, 11) is 1.16. The molecule has 1 aromatic rings. The molecule has 0 aromatic heterocycles. The van der Waals surface area contributed by atoms with Crippen molar-refractivity contribution in [2.45, 2.75) is 6.42 Å². The van der Waals surface area contributed by atoms with Crippen LogP contribution >= 0.6 is 0 Å². The molecule has 0 atom stereocenters. The van der Waals surface area contributed by atoms with Crippen LogP contribution in [-0.2, 0) is 16.0 Å². The summed E-state index contributed by atoms with van der Waals surface area (Å²) in [6.07, 6.45) is -0.337. The molecule has 0 unspecified atom stereocenters. The van der Waals surface area contributed by atoms with Crippen molar-refractivity contribution in [2.24, 2.45) is 0 Å². The van der Waals surface area contributed by atoms with E-state index < -0.39 is 23.4 Å². The third-order valence-electron chi connectivity index (χ3n) is 1.71. The van der Waals surface area contributed by atoms with Crippen LogP contribution in [0.1, 0.15) is 5.56 Å². The quantitative estimate of drug-likeness (QED) is 0.737. The van der Waals surface area contributed by atoms with Crippen molar-refractivity contribution >= 4 is 5.97 Å². The number of hydrogen-bond acceptors (Lipinski definition) is 3.